The first kappa shape index (κ1) is 23.3. The number of primary amides is 1. The van der Waals surface area contributed by atoms with Crippen molar-refractivity contribution in [2.24, 2.45) is 11.7 Å². The van der Waals surface area contributed by atoms with Crippen molar-refractivity contribution in [2.75, 3.05) is 6.54 Å². The SMILES string of the molecule is NC(=O)CC1C(=O)N(CCCCCc2ccc(Cl)cc2)C1S(=O)(=O)Cc1ccccc1. The van der Waals surface area contributed by atoms with E-state index in [2.05, 4.69) is 0 Å². The van der Waals surface area contributed by atoms with Crippen LogP contribution in [0.5, 0.6) is 0 Å². The number of aryl methyl sites for hydroxylation is 1. The van der Waals surface area contributed by atoms with Crippen molar-refractivity contribution in [1.82, 2.24) is 4.90 Å². The molecular weight excluding hydrogens is 436 g/mol. The summed E-state index contributed by atoms with van der Waals surface area (Å²) in [5.41, 5.74) is 7.10. The van der Waals surface area contributed by atoms with Gasteiger partial charge in [0.05, 0.1) is 11.7 Å². The van der Waals surface area contributed by atoms with Gasteiger partial charge in [-0.25, -0.2) is 8.42 Å². The van der Waals surface area contributed by atoms with Gasteiger partial charge in [-0.3, -0.25) is 9.59 Å². The zero-order chi connectivity index (χ0) is 22.4. The molecule has 1 aliphatic heterocycles. The van der Waals surface area contributed by atoms with Crippen LogP contribution >= 0.6 is 11.6 Å². The van der Waals surface area contributed by atoms with Crippen LogP contribution in [0, 0.1) is 5.92 Å². The van der Waals surface area contributed by atoms with Crippen LogP contribution < -0.4 is 5.73 Å². The first-order valence-electron chi connectivity index (χ1n) is 10.4. The van der Waals surface area contributed by atoms with Crippen LogP contribution in [0.4, 0.5) is 0 Å². The van der Waals surface area contributed by atoms with Gasteiger partial charge in [0.1, 0.15) is 5.37 Å². The van der Waals surface area contributed by atoms with Crippen LogP contribution in [-0.2, 0) is 31.6 Å². The number of rotatable bonds is 11. The van der Waals surface area contributed by atoms with Gasteiger partial charge < -0.3 is 10.6 Å². The summed E-state index contributed by atoms with van der Waals surface area (Å²) in [5, 5.41) is -0.294. The number of β-lactam (4-membered cyclic amide) rings is 1. The molecule has 0 aliphatic carbocycles. The lowest BCUT2D eigenvalue weighted by molar-refractivity contribution is -0.153. The summed E-state index contributed by atoms with van der Waals surface area (Å²) in [4.78, 5) is 25.4. The summed E-state index contributed by atoms with van der Waals surface area (Å²) < 4.78 is 26.1. The number of sulfone groups is 1. The van der Waals surface area contributed by atoms with Crippen LogP contribution in [0.1, 0.15) is 36.8 Å². The fraction of sp³-hybridized carbons (Fsp3) is 0.391. The molecule has 1 aliphatic rings. The highest BCUT2D eigenvalue weighted by molar-refractivity contribution is 7.91. The maximum atomic E-state index is 13.1. The number of hydrogen-bond acceptors (Lipinski definition) is 4. The van der Waals surface area contributed by atoms with E-state index < -0.39 is 27.0 Å². The predicted molar refractivity (Wildman–Crippen MR) is 121 cm³/mol. The number of unbranched alkanes of at least 4 members (excludes halogenated alkanes) is 2. The van der Waals surface area contributed by atoms with E-state index in [1.165, 1.54) is 10.5 Å². The van der Waals surface area contributed by atoms with Gasteiger partial charge in [-0.05, 0) is 42.5 Å². The molecule has 2 atom stereocenters. The second-order valence-corrected chi connectivity index (χ2v) is 10.5. The number of carbonyl (C=O) groups is 2. The molecule has 2 unspecified atom stereocenters. The second kappa shape index (κ2) is 10.3. The van der Waals surface area contributed by atoms with Crippen molar-refractivity contribution in [2.45, 2.75) is 43.2 Å². The maximum Gasteiger partial charge on any atom is 0.230 e. The van der Waals surface area contributed by atoms with Gasteiger partial charge in [-0.2, -0.15) is 0 Å². The molecule has 2 amide bonds. The number of likely N-dealkylation sites (tertiary alicyclic amines) is 1. The Morgan fingerprint density at radius 1 is 0.968 bits per heavy atom. The molecule has 2 aromatic carbocycles. The number of halogens is 1. The molecule has 0 bridgehead atoms. The standard InChI is InChI=1S/C23H27ClN2O4S/c24-19-12-10-17(11-13-19)7-5-2-6-14-26-22(28)20(15-21(25)27)23(26)31(29,30)16-18-8-3-1-4-9-18/h1,3-4,8-13,20,23H,2,5-7,14-16H2,(H2,25,27). The number of nitrogens with two attached hydrogens (primary N) is 1. The van der Waals surface area contributed by atoms with E-state index >= 15 is 0 Å². The number of amides is 2. The van der Waals surface area contributed by atoms with Crippen molar-refractivity contribution in [3.63, 3.8) is 0 Å². The summed E-state index contributed by atoms with van der Waals surface area (Å²) in [6.45, 7) is 0.355. The Kier molecular flexibility index (Phi) is 7.73. The molecule has 1 heterocycles. The third-order valence-electron chi connectivity index (χ3n) is 5.53. The van der Waals surface area contributed by atoms with Crippen LogP contribution in [0.15, 0.2) is 54.6 Å². The third kappa shape index (κ3) is 6.08. The highest BCUT2D eigenvalue weighted by atomic mass is 35.5. The first-order valence-corrected chi connectivity index (χ1v) is 12.5. The van der Waals surface area contributed by atoms with E-state index in [4.69, 9.17) is 17.3 Å². The summed E-state index contributed by atoms with van der Waals surface area (Å²) in [7, 11) is -3.66. The van der Waals surface area contributed by atoms with E-state index in [9.17, 15) is 18.0 Å². The van der Waals surface area contributed by atoms with Gasteiger partial charge in [-0.15, -0.1) is 0 Å². The topological polar surface area (TPSA) is 97.5 Å². The van der Waals surface area contributed by atoms with Crippen LogP contribution in [0.25, 0.3) is 0 Å². The van der Waals surface area contributed by atoms with Gasteiger partial charge in [-0.1, -0.05) is 60.5 Å². The molecule has 31 heavy (non-hydrogen) atoms. The fourth-order valence-electron chi connectivity index (χ4n) is 4.01. The predicted octanol–water partition coefficient (Wildman–Crippen LogP) is 3.33. The van der Waals surface area contributed by atoms with Gasteiger partial charge in [0.15, 0.2) is 9.84 Å². The van der Waals surface area contributed by atoms with Crippen molar-refractivity contribution < 1.29 is 18.0 Å². The van der Waals surface area contributed by atoms with E-state index in [1.54, 1.807) is 24.3 Å². The summed E-state index contributed by atoms with van der Waals surface area (Å²) in [6.07, 6.45) is 3.13. The highest BCUT2D eigenvalue weighted by Gasteiger charge is 2.54. The van der Waals surface area contributed by atoms with Gasteiger partial charge in [0.25, 0.3) is 0 Å². The normalized spacial score (nSPS) is 18.6. The average Bonchev–Trinajstić information content (AvgIpc) is 2.72. The zero-order valence-corrected chi connectivity index (χ0v) is 18.8. The molecule has 3 rings (SSSR count). The quantitative estimate of drug-likeness (QED) is 0.409. The summed E-state index contributed by atoms with van der Waals surface area (Å²) in [5.74, 6) is -2.03. The highest BCUT2D eigenvalue weighted by Crippen LogP contribution is 2.35. The van der Waals surface area contributed by atoms with Crippen LogP contribution in [0.2, 0.25) is 5.02 Å². The average molecular weight is 463 g/mol. The minimum absolute atomic E-state index is 0.173. The van der Waals surface area contributed by atoms with Gasteiger partial charge in [0.2, 0.25) is 11.8 Å². The summed E-state index contributed by atoms with van der Waals surface area (Å²) in [6, 6.07) is 16.5. The molecule has 1 saturated heterocycles. The van der Waals surface area contributed by atoms with E-state index in [-0.39, 0.29) is 18.1 Å². The lowest BCUT2D eigenvalue weighted by Crippen LogP contribution is -2.65. The Bertz CT molecular complexity index is 1010. The van der Waals surface area contributed by atoms with Crippen LogP contribution in [-0.4, -0.2) is 37.1 Å². The Balaban J connectivity index is 1.58. The smallest absolute Gasteiger partial charge is 0.230 e. The minimum atomic E-state index is -3.66. The lowest BCUT2D eigenvalue weighted by atomic mass is 9.93. The molecule has 2 aromatic rings. The van der Waals surface area contributed by atoms with E-state index in [0.717, 1.165) is 19.3 Å². The maximum absolute atomic E-state index is 13.1. The van der Waals surface area contributed by atoms with E-state index in [0.29, 0.717) is 23.6 Å². The molecule has 0 radical (unpaired) electrons. The second-order valence-electron chi connectivity index (χ2n) is 7.93. The molecular formula is C23H27ClN2O4S. The van der Waals surface area contributed by atoms with E-state index in [1.807, 2.05) is 30.3 Å². The molecule has 8 heteroatoms. The van der Waals surface area contributed by atoms with Gasteiger partial charge in [0, 0.05) is 18.0 Å². The largest absolute Gasteiger partial charge is 0.370 e. The number of hydrogen-bond donors (Lipinski definition) is 1. The van der Waals surface area contributed by atoms with Crippen LogP contribution in [0.3, 0.4) is 0 Å². The molecule has 0 saturated carbocycles. The third-order valence-corrected chi connectivity index (χ3v) is 7.84. The molecule has 1 fully saturated rings. The molecule has 6 nitrogen and oxygen atoms in total. The Labute approximate surface area is 188 Å². The Hall–Kier alpha value is -2.38. The fourth-order valence-corrected chi connectivity index (χ4v) is 6.28. The van der Waals surface area contributed by atoms with Crippen molar-refractivity contribution >= 4 is 33.3 Å². The lowest BCUT2D eigenvalue weighted by Gasteiger charge is -2.46. The molecule has 2 N–H and O–H groups in total. The monoisotopic (exact) mass is 462 g/mol. The summed E-state index contributed by atoms with van der Waals surface area (Å²) >= 11 is 5.90. The minimum Gasteiger partial charge on any atom is -0.370 e. The number of nitrogens with zero attached hydrogens (tertiary/aromatic N) is 1. The van der Waals surface area contributed by atoms with Crippen molar-refractivity contribution in [3.05, 3.63) is 70.7 Å². The number of carbonyl (C=O) groups excluding carboxylic acids is 2. The Morgan fingerprint density at radius 2 is 1.65 bits per heavy atom. The molecule has 0 spiro atoms. The first-order chi connectivity index (χ1) is 14.8. The molecule has 166 valence electrons. The zero-order valence-electron chi connectivity index (χ0n) is 17.2. The Morgan fingerprint density at radius 3 is 2.29 bits per heavy atom. The van der Waals surface area contributed by atoms with Crippen molar-refractivity contribution in [3.8, 4) is 0 Å². The van der Waals surface area contributed by atoms with Crippen molar-refractivity contribution in [1.29, 1.82) is 0 Å². The van der Waals surface area contributed by atoms with Gasteiger partial charge >= 0.3 is 0 Å². The number of benzene rings is 2. The molecule has 0 aromatic heterocycles.